The summed E-state index contributed by atoms with van der Waals surface area (Å²) < 4.78 is 5.04. The molecule has 76 valence electrons. The maximum atomic E-state index is 11.8. The Hall–Kier alpha value is -1.36. The molecule has 2 rings (SSSR count). The third-order valence-corrected chi connectivity index (χ3v) is 2.57. The highest BCUT2D eigenvalue weighted by Crippen LogP contribution is 2.11. The molecule has 0 unspecified atom stereocenters. The number of rotatable bonds is 2. The molecule has 5 heteroatoms. The number of aryl methyl sites for hydroxylation is 1. The fourth-order valence-electron chi connectivity index (χ4n) is 1.38. The van der Waals surface area contributed by atoms with Crippen LogP contribution >= 0.6 is 0 Å². The maximum Gasteiger partial charge on any atom is 0.291 e. The van der Waals surface area contributed by atoms with Crippen LogP contribution in [-0.4, -0.2) is 42.0 Å². The first-order valence-electron chi connectivity index (χ1n) is 4.58. The first-order valence-corrected chi connectivity index (χ1v) is 4.58. The normalized spacial score (nSPS) is 16.4. The summed E-state index contributed by atoms with van der Waals surface area (Å²) in [7, 11) is 1.79. The standard InChI is InChI=1S/C9H13N3O2/c1-6-8(14-5-11-6)9(13)12(2)7-3-10-4-7/h5,7,10H,3-4H2,1-2H3. The van der Waals surface area contributed by atoms with Crippen LogP contribution in [-0.2, 0) is 0 Å². The van der Waals surface area contributed by atoms with Crippen molar-refractivity contribution in [2.45, 2.75) is 13.0 Å². The first kappa shape index (κ1) is 9.21. The molecular formula is C9H13N3O2. The van der Waals surface area contributed by atoms with Crippen LogP contribution in [0, 0.1) is 6.92 Å². The predicted octanol–water partition coefficient (Wildman–Crippen LogP) is 0.0268. The van der Waals surface area contributed by atoms with Crippen LogP contribution in [0.25, 0.3) is 0 Å². The molecule has 1 saturated heterocycles. The van der Waals surface area contributed by atoms with Gasteiger partial charge in [0.15, 0.2) is 6.39 Å². The monoisotopic (exact) mass is 195 g/mol. The van der Waals surface area contributed by atoms with E-state index in [0.717, 1.165) is 13.1 Å². The second-order valence-corrected chi connectivity index (χ2v) is 3.50. The van der Waals surface area contributed by atoms with Crippen LogP contribution in [0.15, 0.2) is 10.8 Å². The topological polar surface area (TPSA) is 58.4 Å². The highest BCUT2D eigenvalue weighted by Gasteiger charge is 2.28. The van der Waals surface area contributed by atoms with E-state index in [1.807, 2.05) is 0 Å². The maximum absolute atomic E-state index is 11.8. The van der Waals surface area contributed by atoms with Crippen molar-refractivity contribution in [2.75, 3.05) is 20.1 Å². The number of nitrogens with zero attached hydrogens (tertiary/aromatic N) is 2. The second kappa shape index (κ2) is 3.42. The van der Waals surface area contributed by atoms with Gasteiger partial charge >= 0.3 is 0 Å². The van der Waals surface area contributed by atoms with Crippen molar-refractivity contribution in [3.63, 3.8) is 0 Å². The van der Waals surface area contributed by atoms with Gasteiger partial charge in [-0.05, 0) is 6.92 Å². The highest BCUT2D eigenvalue weighted by atomic mass is 16.3. The van der Waals surface area contributed by atoms with Gasteiger partial charge in [0.1, 0.15) is 0 Å². The highest BCUT2D eigenvalue weighted by molar-refractivity contribution is 5.92. The molecule has 0 bridgehead atoms. The minimum Gasteiger partial charge on any atom is -0.438 e. The van der Waals surface area contributed by atoms with Crippen LogP contribution < -0.4 is 5.32 Å². The van der Waals surface area contributed by atoms with E-state index < -0.39 is 0 Å². The Balaban J connectivity index is 2.11. The Morgan fingerprint density at radius 1 is 1.71 bits per heavy atom. The van der Waals surface area contributed by atoms with Gasteiger partial charge in [0, 0.05) is 20.1 Å². The van der Waals surface area contributed by atoms with Crippen molar-refractivity contribution in [3.8, 4) is 0 Å². The van der Waals surface area contributed by atoms with E-state index in [1.54, 1.807) is 18.9 Å². The smallest absolute Gasteiger partial charge is 0.291 e. The molecule has 1 fully saturated rings. The fourth-order valence-corrected chi connectivity index (χ4v) is 1.38. The largest absolute Gasteiger partial charge is 0.438 e. The molecule has 1 aliphatic heterocycles. The molecule has 0 saturated carbocycles. The predicted molar refractivity (Wildman–Crippen MR) is 50.0 cm³/mol. The number of nitrogens with one attached hydrogen (secondary N) is 1. The van der Waals surface area contributed by atoms with Crippen LogP contribution in [0.4, 0.5) is 0 Å². The summed E-state index contributed by atoms with van der Waals surface area (Å²) in [6.07, 6.45) is 1.30. The number of carbonyl (C=O) groups excluding carboxylic acids is 1. The zero-order valence-electron chi connectivity index (χ0n) is 8.28. The van der Waals surface area contributed by atoms with E-state index in [-0.39, 0.29) is 11.9 Å². The molecule has 0 spiro atoms. The summed E-state index contributed by atoms with van der Waals surface area (Å²) in [5.74, 6) is 0.255. The van der Waals surface area contributed by atoms with Crippen LogP contribution in [0.1, 0.15) is 16.2 Å². The Kier molecular flexibility index (Phi) is 2.25. The Morgan fingerprint density at radius 2 is 2.43 bits per heavy atom. The summed E-state index contributed by atoms with van der Waals surface area (Å²) in [5.41, 5.74) is 0.647. The molecular weight excluding hydrogens is 182 g/mol. The Bertz CT molecular complexity index is 344. The third-order valence-electron chi connectivity index (χ3n) is 2.57. The quantitative estimate of drug-likeness (QED) is 0.723. The van der Waals surface area contributed by atoms with E-state index >= 15 is 0 Å². The van der Waals surface area contributed by atoms with Crippen molar-refractivity contribution in [1.29, 1.82) is 0 Å². The van der Waals surface area contributed by atoms with Crippen molar-refractivity contribution in [3.05, 3.63) is 17.8 Å². The van der Waals surface area contributed by atoms with Gasteiger partial charge in [-0.25, -0.2) is 4.98 Å². The van der Waals surface area contributed by atoms with Gasteiger partial charge in [0.2, 0.25) is 5.76 Å². The molecule has 0 aromatic carbocycles. The summed E-state index contributed by atoms with van der Waals surface area (Å²) in [6, 6.07) is 0.284. The van der Waals surface area contributed by atoms with E-state index in [2.05, 4.69) is 10.3 Å². The molecule has 1 aliphatic rings. The number of hydrogen-bond acceptors (Lipinski definition) is 4. The Labute approximate surface area is 82.1 Å². The van der Waals surface area contributed by atoms with E-state index in [9.17, 15) is 4.79 Å². The lowest BCUT2D eigenvalue weighted by Crippen LogP contribution is -2.57. The SMILES string of the molecule is Cc1ncoc1C(=O)N(C)C1CNC1. The van der Waals surface area contributed by atoms with Crippen molar-refractivity contribution < 1.29 is 9.21 Å². The number of aromatic nitrogens is 1. The molecule has 1 aromatic heterocycles. The average molecular weight is 195 g/mol. The number of likely N-dealkylation sites (N-methyl/N-ethyl adjacent to an activating group) is 1. The van der Waals surface area contributed by atoms with E-state index in [1.165, 1.54) is 6.39 Å². The van der Waals surface area contributed by atoms with Crippen molar-refractivity contribution in [1.82, 2.24) is 15.2 Å². The number of oxazole rings is 1. The lowest BCUT2D eigenvalue weighted by atomic mass is 10.1. The van der Waals surface area contributed by atoms with E-state index in [4.69, 9.17) is 4.42 Å². The first-order chi connectivity index (χ1) is 6.70. The summed E-state index contributed by atoms with van der Waals surface area (Å²) in [5, 5.41) is 3.12. The van der Waals surface area contributed by atoms with Gasteiger partial charge in [-0.3, -0.25) is 4.79 Å². The average Bonchev–Trinajstić information content (AvgIpc) is 2.47. The summed E-state index contributed by atoms with van der Waals surface area (Å²) in [6.45, 7) is 3.48. The van der Waals surface area contributed by atoms with Gasteiger partial charge in [0.05, 0.1) is 11.7 Å². The van der Waals surface area contributed by atoms with Crippen molar-refractivity contribution in [2.24, 2.45) is 0 Å². The van der Waals surface area contributed by atoms with Gasteiger partial charge in [-0.1, -0.05) is 0 Å². The molecule has 0 aliphatic carbocycles. The Morgan fingerprint density at radius 3 is 2.86 bits per heavy atom. The molecule has 2 heterocycles. The van der Waals surface area contributed by atoms with Crippen LogP contribution in [0.5, 0.6) is 0 Å². The number of hydrogen-bond donors (Lipinski definition) is 1. The van der Waals surface area contributed by atoms with E-state index in [0.29, 0.717) is 11.5 Å². The molecule has 0 radical (unpaired) electrons. The lowest BCUT2D eigenvalue weighted by molar-refractivity contribution is 0.0648. The molecule has 14 heavy (non-hydrogen) atoms. The lowest BCUT2D eigenvalue weighted by Gasteiger charge is -2.35. The zero-order valence-corrected chi connectivity index (χ0v) is 8.28. The molecule has 0 atom stereocenters. The van der Waals surface area contributed by atoms with Crippen molar-refractivity contribution >= 4 is 5.91 Å². The van der Waals surface area contributed by atoms with Gasteiger partial charge in [0.25, 0.3) is 5.91 Å². The molecule has 1 N–H and O–H groups in total. The second-order valence-electron chi connectivity index (χ2n) is 3.50. The molecule has 1 aromatic rings. The minimum atomic E-state index is -0.0912. The molecule has 5 nitrogen and oxygen atoms in total. The number of carbonyl (C=O) groups is 1. The van der Waals surface area contributed by atoms with Crippen LogP contribution in [0.3, 0.4) is 0 Å². The van der Waals surface area contributed by atoms with Gasteiger partial charge < -0.3 is 14.6 Å². The van der Waals surface area contributed by atoms with Crippen LogP contribution in [0.2, 0.25) is 0 Å². The zero-order chi connectivity index (χ0) is 10.1. The fraction of sp³-hybridized carbons (Fsp3) is 0.556. The summed E-state index contributed by atoms with van der Waals surface area (Å²) >= 11 is 0. The number of amides is 1. The van der Waals surface area contributed by atoms with Gasteiger partial charge in [-0.2, -0.15) is 0 Å². The minimum absolute atomic E-state index is 0.0912. The summed E-state index contributed by atoms with van der Waals surface area (Å²) in [4.78, 5) is 17.4. The molecule has 1 amide bonds. The third kappa shape index (κ3) is 1.39. The van der Waals surface area contributed by atoms with Gasteiger partial charge in [-0.15, -0.1) is 0 Å².